The third-order valence-corrected chi connectivity index (χ3v) is 3.38. The van der Waals surface area contributed by atoms with Gasteiger partial charge in [-0.2, -0.15) is 0 Å². The maximum Gasteiger partial charge on any atom is 0.0526 e. The zero-order valence-corrected chi connectivity index (χ0v) is 10.4. The van der Waals surface area contributed by atoms with Gasteiger partial charge >= 0.3 is 0 Å². The Morgan fingerprint density at radius 1 is 1.11 bits per heavy atom. The summed E-state index contributed by atoms with van der Waals surface area (Å²) in [6.45, 7) is 0. The van der Waals surface area contributed by atoms with Crippen LogP contribution in [0.25, 0.3) is 4.91 Å². The number of pyridine rings is 1. The standard InChI is InChI=1S/C13H12N4S/c1-2-6-12(7-3-1)16-17-15-10-13(18-17)11-5-4-8-14-9-11/h1-10,15-16H. The molecule has 0 unspecified atom stereocenters. The highest BCUT2D eigenvalue weighted by molar-refractivity contribution is 8.06. The summed E-state index contributed by atoms with van der Waals surface area (Å²) < 4.78 is 1.86. The average Bonchev–Trinajstić information content (AvgIpc) is 2.89. The van der Waals surface area contributed by atoms with Crippen molar-refractivity contribution in [2.24, 2.45) is 0 Å². The number of rotatable bonds is 3. The summed E-state index contributed by atoms with van der Waals surface area (Å²) in [6.07, 6.45) is 5.58. The normalized spacial score (nSPS) is 15.0. The molecule has 3 rings (SSSR count). The number of hydrogen-bond acceptors (Lipinski definition) is 5. The van der Waals surface area contributed by atoms with Crippen molar-refractivity contribution in [2.45, 2.75) is 0 Å². The zero-order valence-electron chi connectivity index (χ0n) is 9.58. The maximum atomic E-state index is 4.12. The van der Waals surface area contributed by atoms with E-state index in [-0.39, 0.29) is 0 Å². The number of aromatic nitrogens is 1. The number of nitrogens with one attached hydrogen (secondary N) is 2. The van der Waals surface area contributed by atoms with Crippen LogP contribution in [0.5, 0.6) is 0 Å². The smallest absolute Gasteiger partial charge is 0.0526 e. The molecule has 90 valence electrons. The summed E-state index contributed by atoms with van der Waals surface area (Å²) in [5, 5.41) is 0. The second kappa shape index (κ2) is 5.12. The monoisotopic (exact) mass is 256 g/mol. The molecule has 1 aromatic carbocycles. The molecule has 0 aliphatic carbocycles. The van der Waals surface area contributed by atoms with Crippen LogP contribution < -0.4 is 10.9 Å². The number of benzene rings is 1. The molecule has 2 N–H and O–H groups in total. The first-order valence-electron chi connectivity index (χ1n) is 5.58. The first kappa shape index (κ1) is 11.1. The third kappa shape index (κ3) is 2.47. The van der Waals surface area contributed by atoms with E-state index in [0.717, 1.165) is 16.2 Å². The quantitative estimate of drug-likeness (QED) is 0.826. The van der Waals surface area contributed by atoms with Crippen molar-refractivity contribution in [3.05, 3.63) is 66.6 Å². The van der Waals surface area contributed by atoms with Crippen LogP contribution >= 0.6 is 11.9 Å². The second-order valence-electron chi connectivity index (χ2n) is 3.74. The van der Waals surface area contributed by atoms with Crippen molar-refractivity contribution in [1.29, 1.82) is 0 Å². The van der Waals surface area contributed by atoms with E-state index < -0.39 is 0 Å². The predicted molar refractivity (Wildman–Crippen MR) is 74.8 cm³/mol. The predicted octanol–water partition coefficient (Wildman–Crippen LogP) is 2.88. The molecule has 5 heteroatoms. The van der Waals surface area contributed by atoms with Crippen LogP contribution in [0.2, 0.25) is 0 Å². The first-order chi connectivity index (χ1) is 8.92. The SMILES string of the molecule is C1=C(c2cccnc2)SN(Nc2ccccc2)N1. The van der Waals surface area contributed by atoms with Gasteiger partial charge in [-0.25, -0.2) is 0 Å². The highest BCUT2D eigenvalue weighted by Gasteiger charge is 2.16. The van der Waals surface area contributed by atoms with E-state index in [0.29, 0.717) is 0 Å². The fourth-order valence-electron chi connectivity index (χ4n) is 1.60. The van der Waals surface area contributed by atoms with E-state index in [1.165, 1.54) is 0 Å². The molecular weight excluding hydrogens is 244 g/mol. The molecule has 2 heterocycles. The van der Waals surface area contributed by atoms with E-state index in [2.05, 4.69) is 15.8 Å². The summed E-state index contributed by atoms with van der Waals surface area (Å²) in [5.74, 6) is 0. The Labute approximate surface area is 110 Å². The van der Waals surface area contributed by atoms with Crippen LogP contribution in [-0.2, 0) is 0 Å². The minimum Gasteiger partial charge on any atom is -0.297 e. The molecule has 1 aliphatic rings. The molecular formula is C13H12N4S. The van der Waals surface area contributed by atoms with Gasteiger partial charge in [0.1, 0.15) is 0 Å². The van der Waals surface area contributed by atoms with Crippen LogP contribution in [0, 0.1) is 0 Å². The van der Waals surface area contributed by atoms with E-state index in [4.69, 9.17) is 0 Å². The van der Waals surface area contributed by atoms with E-state index in [1.54, 1.807) is 18.1 Å². The summed E-state index contributed by atoms with van der Waals surface area (Å²) in [6, 6.07) is 14.0. The molecule has 0 atom stereocenters. The van der Waals surface area contributed by atoms with Gasteiger partial charge in [0.2, 0.25) is 0 Å². The van der Waals surface area contributed by atoms with Crippen molar-refractivity contribution < 1.29 is 0 Å². The summed E-state index contributed by atoms with van der Waals surface area (Å²) in [7, 11) is 0. The van der Waals surface area contributed by atoms with Crippen molar-refractivity contribution in [1.82, 2.24) is 14.9 Å². The molecule has 0 radical (unpaired) electrons. The second-order valence-corrected chi connectivity index (χ2v) is 4.73. The van der Waals surface area contributed by atoms with E-state index in [1.807, 2.05) is 59.4 Å². The number of hydrogen-bond donors (Lipinski definition) is 2. The average molecular weight is 256 g/mol. The number of anilines is 1. The molecule has 2 aromatic rings. The van der Waals surface area contributed by atoms with Crippen molar-refractivity contribution >= 4 is 22.5 Å². The first-order valence-corrected chi connectivity index (χ1v) is 6.36. The molecule has 0 saturated carbocycles. The van der Waals surface area contributed by atoms with Gasteiger partial charge in [0.25, 0.3) is 0 Å². The Hall–Kier alpha value is -1.98. The van der Waals surface area contributed by atoms with Crippen LogP contribution in [0.15, 0.2) is 61.1 Å². The minimum absolute atomic E-state index is 1.04. The number of para-hydroxylation sites is 1. The van der Waals surface area contributed by atoms with Crippen molar-refractivity contribution in [3.63, 3.8) is 0 Å². The van der Waals surface area contributed by atoms with E-state index in [9.17, 15) is 0 Å². The number of nitrogens with zero attached hydrogens (tertiary/aromatic N) is 2. The van der Waals surface area contributed by atoms with Gasteiger partial charge in [0, 0.05) is 36.1 Å². The van der Waals surface area contributed by atoms with Crippen LogP contribution in [0.4, 0.5) is 5.69 Å². The van der Waals surface area contributed by atoms with Crippen LogP contribution in [0.1, 0.15) is 5.56 Å². The van der Waals surface area contributed by atoms with Crippen molar-refractivity contribution in [2.75, 3.05) is 5.43 Å². The topological polar surface area (TPSA) is 40.2 Å². The van der Waals surface area contributed by atoms with Gasteiger partial charge in [-0.05, 0) is 18.2 Å². The van der Waals surface area contributed by atoms with Crippen LogP contribution in [0.3, 0.4) is 0 Å². The molecule has 0 fully saturated rings. The van der Waals surface area contributed by atoms with Crippen molar-refractivity contribution in [3.8, 4) is 0 Å². The summed E-state index contributed by atoms with van der Waals surface area (Å²) in [4.78, 5) is 5.25. The zero-order chi connectivity index (χ0) is 12.2. The lowest BCUT2D eigenvalue weighted by molar-refractivity contribution is 0.496. The van der Waals surface area contributed by atoms with Gasteiger partial charge in [0.05, 0.1) is 10.6 Å². The third-order valence-electron chi connectivity index (χ3n) is 2.45. The van der Waals surface area contributed by atoms with E-state index >= 15 is 0 Å². The lowest BCUT2D eigenvalue weighted by Gasteiger charge is -2.17. The molecule has 1 aliphatic heterocycles. The minimum atomic E-state index is 1.04. The maximum absolute atomic E-state index is 4.12. The fraction of sp³-hybridized carbons (Fsp3) is 0. The lowest BCUT2D eigenvalue weighted by Crippen LogP contribution is -2.29. The van der Waals surface area contributed by atoms with Gasteiger partial charge in [0.15, 0.2) is 0 Å². The molecule has 18 heavy (non-hydrogen) atoms. The lowest BCUT2D eigenvalue weighted by atomic mass is 10.3. The Balaban J connectivity index is 1.65. The Morgan fingerprint density at radius 3 is 2.78 bits per heavy atom. The molecule has 0 amide bonds. The fourth-order valence-corrected chi connectivity index (χ4v) is 2.38. The molecule has 0 bridgehead atoms. The molecule has 4 nitrogen and oxygen atoms in total. The summed E-state index contributed by atoms with van der Waals surface area (Å²) >= 11 is 1.59. The molecule has 1 aromatic heterocycles. The largest absolute Gasteiger partial charge is 0.297 e. The highest BCUT2D eigenvalue weighted by Crippen LogP contribution is 2.32. The number of hydrazine groups is 2. The Bertz CT molecular complexity index is 541. The Kier molecular flexibility index (Phi) is 3.16. The Morgan fingerprint density at radius 2 is 2.00 bits per heavy atom. The molecule has 0 spiro atoms. The van der Waals surface area contributed by atoms with Gasteiger partial charge in [-0.1, -0.05) is 28.8 Å². The van der Waals surface area contributed by atoms with Gasteiger partial charge in [-0.15, -0.1) is 0 Å². The summed E-state index contributed by atoms with van der Waals surface area (Å²) in [5.41, 5.74) is 8.55. The van der Waals surface area contributed by atoms with Gasteiger partial charge in [-0.3, -0.25) is 15.8 Å². The van der Waals surface area contributed by atoms with Gasteiger partial charge < -0.3 is 0 Å². The van der Waals surface area contributed by atoms with Crippen LogP contribution in [-0.4, -0.2) is 9.51 Å². The molecule has 0 saturated heterocycles. The highest BCUT2D eigenvalue weighted by atomic mass is 32.2.